The van der Waals surface area contributed by atoms with Gasteiger partial charge in [0.25, 0.3) is 0 Å². The summed E-state index contributed by atoms with van der Waals surface area (Å²) in [6.45, 7) is 2.49. The lowest BCUT2D eigenvalue weighted by atomic mass is 9.99. The number of hydrogen-bond donors (Lipinski definition) is 2. The molecule has 31 heavy (non-hydrogen) atoms. The summed E-state index contributed by atoms with van der Waals surface area (Å²) in [7, 11) is 0. The van der Waals surface area contributed by atoms with E-state index in [1.807, 2.05) is 0 Å². The van der Waals surface area contributed by atoms with Crippen LogP contribution in [0.15, 0.2) is 30.3 Å². The number of ketones is 1. The lowest BCUT2D eigenvalue weighted by molar-refractivity contribution is -0.136. The summed E-state index contributed by atoms with van der Waals surface area (Å²) in [4.78, 5) is 41.4. The Hall–Kier alpha value is -3.03. The van der Waals surface area contributed by atoms with E-state index in [9.17, 15) is 19.5 Å². The van der Waals surface area contributed by atoms with Crippen LogP contribution >= 0.6 is 23.2 Å². The van der Waals surface area contributed by atoms with Crippen molar-refractivity contribution in [3.8, 4) is 0 Å². The van der Waals surface area contributed by atoms with Gasteiger partial charge in [0, 0.05) is 28.6 Å². The highest BCUT2D eigenvalue weighted by molar-refractivity contribution is 6.42. The predicted octanol–water partition coefficient (Wildman–Crippen LogP) is 4.85. The fraction of sp³-hybridized carbons (Fsp3) is 0.227. The second-order valence-corrected chi connectivity index (χ2v) is 7.95. The first-order valence-corrected chi connectivity index (χ1v) is 10.4. The van der Waals surface area contributed by atoms with Crippen LogP contribution in [0, 0.1) is 0 Å². The third kappa shape index (κ3) is 3.86. The van der Waals surface area contributed by atoms with E-state index in [-0.39, 0.29) is 29.5 Å². The molecule has 3 aromatic rings. The summed E-state index contributed by atoms with van der Waals surface area (Å²) in [5, 5.41) is 10.5. The van der Waals surface area contributed by atoms with Crippen molar-refractivity contribution in [2.45, 2.75) is 19.8 Å². The van der Waals surface area contributed by atoms with E-state index in [2.05, 4.69) is 4.98 Å². The van der Waals surface area contributed by atoms with E-state index in [1.165, 1.54) is 4.90 Å². The number of aromatic amines is 1. The summed E-state index contributed by atoms with van der Waals surface area (Å²) >= 11 is 12.2. The topological polar surface area (TPSA) is 99.7 Å². The Balaban J connectivity index is 1.75. The SMILES string of the molecule is CCOC(=O)N1CCc2cc(C(=O)c3[nH]c4cc(Cl)c(Cl)cc4c3CC(=O)O)ccc21. The van der Waals surface area contributed by atoms with Crippen LogP contribution in [0.5, 0.6) is 0 Å². The second kappa shape index (κ2) is 8.24. The van der Waals surface area contributed by atoms with E-state index in [4.69, 9.17) is 27.9 Å². The van der Waals surface area contributed by atoms with Gasteiger partial charge in [-0.25, -0.2) is 4.79 Å². The molecule has 0 atom stereocenters. The van der Waals surface area contributed by atoms with E-state index in [0.29, 0.717) is 45.7 Å². The van der Waals surface area contributed by atoms with Crippen LogP contribution in [0.2, 0.25) is 10.0 Å². The number of nitrogens with zero attached hydrogens (tertiary/aromatic N) is 1. The molecule has 1 aliphatic heterocycles. The number of carbonyl (C=O) groups excluding carboxylic acids is 2. The molecular weight excluding hydrogens is 443 g/mol. The van der Waals surface area contributed by atoms with Gasteiger partial charge < -0.3 is 14.8 Å². The van der Waals surface area contributed by atoms with Crippen LogP contribution in [0.3, 0.4) is 0 Å². The van der Waals surface area contributed by atoms with Gasteiger partial charge in [-0.15, -0.1) is 0 Å². The number of aliphatic carboxylic acids is 1. The maximum atomic E-state index is 13.3. The smallest absolute Gasteiger partial charge is 0.414 e. The number of halogens is 2. The Kier molecular flexibility index (Phi) is 5.64. The summed E-state index contributed by atoms with van der Waals surface area (Å²) < 4.78 is 5.07. The zero-order valence-corrected chi connectivity index (χ0v) is 18.0. The van der Waals surface area contributed by atoms with Crippen molar-refractivity contribution in [1.29, 1.82) is 0 Å². The van der Waals surface area contributed by atoms with Crippen LogP contribution < -0.4 is 4.90 Å². The lowest BCUT2D eigenvalue weighted by Gasteiger charge is -2.16. The van der Waals surface area contributed by atoms with Gasteiger partial charge in [0.15, 0.2) is 0 Å². The quantitative estimate of drug-likeness (QED) is 0.529. The standard InChI is InChI=1S/C22H18Cl2N2O5/c1-2-31-22(30)26-6-5-11-7-12(3-4-18(11)26)21(29)20-14(9-19(27)28)13-8-15(23)16(24)10-17(13)25-20/h3-4,7-8,10,25H,2,5-6,9H2,1H3,(H,27,28). The maximum Gasteiger partial charge on any atom is 0.414 e. The third-order valence-electron chi connectivity index (χ3n) is 5.23. The molecule has 160 valence electrons. The number of hydrogen-bond acceptors (Lipinski definition) is 4. The highest BCUT2D eigenvalue weighted by Gasteiger charge is 2.28. The second-order valence-electron chi connectivity index (χ2n) is 7.13. The number of fused-ring (bicyclic) bond motifs is 2. The van der Waals surface area contributed by atoms with Crippen molar-refractivity contribution in [2.24, 2.45) is 0 Å². The van der Waals surface area contributed by atoms with Crippen molar-refractivity contribution in [2.75, 3.05) is 18.1 Å². The molecule has 9 heteroatoms. The molecule has 4 rings (SSSR count). The number of H-pyrrole nitrogens is 1. The molecule has 1 amide bonds. The summed E-state index contributed by atoms with van der Waals surface area (Å²) in [5.74, 6) is -1.42. The van der Waals surface area contributed by atoms with E-state index < -0.39 is 12.1 Å². The number of amides is 1. The zero-order valence-electron chi connectivity index (χ0n) is 16.5. The number of carboxylic acids is 1. The first-order valence-electron chi connectivity index (χ1n) is 9.63. The average molecular weight is 461 g/mol. The molecule has 2 aromatic carbocycles. The maximum absolute atomic E-state index is 13.3. The molecular formula is C22H18Cl2N2O5. The van der Waals surface area contributed by atoms with Gasteiger partial charge >= 0.3 is 12.1 Å². The Morgan fingerprint density at radius 3 is 2.61 bits per heavy atom. The molecule has 0 fully saturated rings. The van der Waals surface area contributed by atoms with Gasteiger partial charge in [-0.05, 0) is 49.2 Å². The molecule has 0 saturated carbocycles. The highest BCUT2D eigenvalue weighted by Crippen LogP contribution is 2.34. The van der Waals surface area contributed by atoms with Crippen molar-refractivity contribution >= 4 is 57.6 Å². The zero-order chi connectivity index (χ0) is 22.3. The number of anilines is 1. The summed E-state index contributed by atoms with van der Waals surface area (Å²) in [6.07, 6.45) is -0.177. The number of carboxylic acid groups (broad SMARTS) is 1. The van der Waals surface area contributed by atoms with Crippen molar-refractivity contribution in [3.05, 3.63) is 62.8 Å². The Morgan fingerprint density at radius 1 is 1.16 bits per heavy atom. The van der Waals surface area contributed by atoms with Gasteiger partial charge in [0.2, 0.25) is 5.78 Å². The number of benzene rings is 2. The molecule has 2 heterocycles. The average Bonchev–Trinajstić information content (AvgIpc) is 3.29. The van der Waals surface area contributed by atoms with Gasteiger partial charge in [0.1, 0.15) is 0 Å². The van der Waals surface area contributed by atoms with Crippen molar-refractivity contribution < 1.29 is 24.2 Å². The molecule has 1 aliphatic rings. The van der Waals surface area contributed by atoms with Gasteiger partial charge in [-0.1, -0.05) is 23.2 Å². The van der Waals surface area contributed by atoms with Crippen LogP contribution in [0.1, 0.15) is 34.1 Å². The predicted molar refractivity (Wildman–Crippen MR) is 118 cm³/mol. The van der Waals surface area contributed by atoms with Crippen LogP contribution in [0.4, 0.5) is 10.5 Å². The normalized spacial score (nSPS) is 12.8. The van der Waals surface area contributed by atoms with Gasteiger partial charge in [0.05, 0.1) is 34.5 Å². The minimum Gasteiger partial charge on any atom is -0.481 e. The Labute approximate surface area is 187 Å². The molecule has 2 N–H and O–H groups in total. The number of nitrogens with one attached hydrogen (secondary N) is 1. The van der Waals surface area contributed by atoms with Crippen LogP contribution in [-0.2, 0) is 22.4 Å². The summed E-state index contributed by atoms with van der Waals surface area (Å²) in [6, 6.07) is 8.19. The molecule has 1 aromatic heterocycles. The monoisotopic (exact) mass is 460 g/mol. The molecule has 0 saturated heterocycles. The number of ether oxygens (including phenoxy) is 1. The number of aromatic nitrogens is 1. The van der Waals surface area contributed by atoms with Crippen LogP contribution in [-0.4, -0.2) is 41.1 Å². The third-order valence-corrected chi connectivity index (χ3v) is 5.95. The van der Waals surface area contributed by atoms with E-state index in [0.717, 1.165) is 5.56 Å². The molecule has 0 radical (unpaired) electrons. The molecule has 7 nitrogen and oxygen atoms in total. The molecule has 0 unspecified atom stereocenters. The molecule has 0 spiro atoms. The number of carbonyl (C=O) groups is 3. The highest BCUT2D eigenvalue weighted by atomic mass is 35.5. The Morgan fingerprint density at radius 2 is 1.90 bits per heavy atom. The van der Waals surface area contributed by atoms with Crippen molar-refractivity contribution in [3.63, 3.8) is 0 Å². The van der Waals surface area contributed by atoms with E-state index >= 15 is 0 Å². The number of rotatable bonds is 5. The minimum atomic E-state index is -1.07. The van der Waals surface area contributed by atoms with Gasteiger partial charge in [-0.3, -0.25) is 14.5 Å². The lowest BCUT2D eigenvalue weighted by Crippen LogP contribution is -2.29. The van der Waals surface area contributed by atoms with E-state index in [1.54, 1.807) is 37.3 Å². The largest absolute Gasteiger partial charge is 0.481 e. The van der Waals surface area contributed by atoms with Crippen molar-refractivity contribution in [1.82, 2.24) is 4.98 Å². The summed E-state index contributed by atoms with van der Waals surface area (Å²) in [5.41, 5.74) is 3.00. The fourth-order valence-corrected chi connectivity index (χ4v) is 4.18. The first-order chi connectivity index (χ1) is 14.8. The van der Waals surface area contributed by atoms with Gasteiger partial charge in [-0.2, -0.15) is 0 Å². The Bertz CT molecular complexity index is 1230. The molecule has 0 bridgehead atoms. The van der Waals surface area contributed by atoms with Crippen LogP contribution in [0.25, 0.3) is 10.9 Å². The molecule has 0 aliphatic carbocycles. The fourth-order valence-electron chi connectivity index (χ4n) is 3.85. The first kappa shape index (κ1) is 21.2. The minimum absolute atomic E-state index is 0.177.